The number of imidazole rings is 1. The van der Waals surface area contributed by atoms with Crippen LogP contribution in [0.15, 0.2) is 53.9 Å². The van der Waals surface area contributed by atoms with Crippen LogP contribution >= 0.6 is 0 Å². The molecule has 1 amide bonds. The van der Waals surface area contributed by atoms with Gasteiger partial charge in [-0.2, -0.15) is 0 Å². The Morgan fingerprint density at radius 1 is 1.30 bits per heavy atom. The van der Waals surface area contributed by atoms with E-state index in [4.69, 9.17) is 14.3 Å². The van der Waals surface area contributed by atoms with Gasteiger partial charge in [-0.1, -0.05) is 11.2 Å². The molecule has 27 heavy (non-hydrogen) atoms. The van der Waals surface area contributed by atoms with Crippen molar-refractivity contribution in [2.24, 2.45) is 5.16 Å². The monoisotopic (exact) mass is 366 g/mol. The molecule has 0 fully saturated rings. The molecule has 0 aliphatic carbocycles. The van der Waals surface area contributed by atoms with Crippen molar-refractivity contribution in [3.8, 4) is 11.5 Å². The molecule has 8 heteroatoms. The van der Waals surface area contributed by atoms with Crippen molar-refractivity contribution in [2.45, 2.75) is 13.5 Å². The van der Waals surface area contributed by atoms with E-state index in [0.29, 0.717) is 23.8 Å². The van der Waals surface area contributed by atoms with Gasteiger partial charge in [0.2, 0.25) is 6.79 Å². The van der Waals surface area contributed by atoms with Gasteiger partial charge < -0.3 is 24.0 Å². The van der Waals surface area contributed by atoms with E-state index in [1.165, 1.54) is 0 Å². The van der Waals surface area contributed by atoms with Crippen LogP contribution in [0.4, 0.5) is 0 Å². The molecular weight excluding hydrogens is 348 g/mol. The highest BCUT2D eigenvalue weighted by atomic mass is 16.7. The second kappa shape index (κ2) is 7.36. The van der Waals surface area contributed by atoms with Crippen LogP contribution in [0.3, 0.4) is 0 Å². The van der Waals surface area contributed by atoms with E-state index in [9.17, 15) is 4.79 Å². The maximum Gasteiger partial charge on any atom is 0.261 e. The SMILES string of the molecule is C/C(=N/OCC(=O)NCc1cn2ccccc2n1)c1ccc2c(c1)OCO2. The van der Waals surface area contributed by atoms with E-state index in [2.05, 4.69) is 15.5 Å². The van der Waals surface area contributed by atoms with Gasteiger partial charge in [0.05, 0.1) is 18.0 Å². The van der Waals surface area contributed by atoms with E-state index < -0.39 is 0 Å². The number of amides is 1. The number of ether oxygens (including phenoxy) is 2. The standard InChI is InChI=1S/C19H18N4O4/c1-13(14-5-6-16-17(8-14)26-12-25-16)22-27-11-19(24)20-9-15-10-23-7-3-2-4-18(23)21-15/h2-8,10H,9,11-12H2,1H3,(H,20,24)/b22-13-. The molecule has 0 radical (unpaired) electrons. The summed E-state index contributed by atoms with van der Waals surface area (Å²) >= 11 is 0. The quantitative estimate of drug-likeness (QED) is 0.533. The predicted molar refractivity (Wildman–Crippen MR) is 97.8 cm³/mol. The summed E-state index contributed by atoms with van der Waals surface area (Å²) < 4.78 is 12.5. The topological polar surface area (TPSA) is 86.5 Å². The van der Waals surface area contributed by atoms with Crippen molar-refractivity contribution in [1.82, 2.24) is 14.7 Å². The lowest BCUT2D eigenvalue weighted by molar-refractivity contribution is -0.125. The average molecular weight is 366 g/mol. The van der Waals surface area contributed by atoms with Crippen molar-refractivity contribution in [2.75, 3.05) is 13.4 Å². The highest BCUT2D eigenvalue weighted by molar-refractivity contribution is 5.99. The minimum atomic E-state index is -0.269. The Morgan fingerprint density at radius 3 is 3.07 bits per heavy atom. The first-order valence-corrected chi connectivity index (χ1v) is 8.45. The largest absolute Gasteiger partial charge is 0.454 e. The summed E-state index contributed by atoms with van der Waals surface area (Å²) in [5.41, 5.74) is 3.09. The molecule has 4 rings (SSSR count). The number of pyridine rings is 1. The summed E-state index contributed by atoms with van der Waals surface area (Å²) in [4.78, 5) is 21.5. The average Bonchev–Trinajstić information content (AvgIpc) is 3.31. The minimum absolute atomic E-state index is 0.171. The fourth-order valence-corrected chi connectivity index (χ4v) is 2.67. The smallest absolute Gasteiger partial charge is 0.261 e. The van der Waals surface area contributed by atoms with Crippen LogP contribution in [0, 0.1) is 0 Å². The lowest BCUT2D eigenvalue weighted by atomic mass is 10.1. The molecule has 138 valence electrons. The molecule has 0 saturated heterocycles. The molecule has 8 nitrogen and oxygen atoms in total. The fourth-order valence-electron chi connectivity index (χ4n) is 2.67. The van der Waals surface area contributed by atoms with Crippen LogP contribution in [-0.4, -0.2) is 34.4 Å². The molecule has 0 bridgehead atoms. The van der Waals surface area contributed by atoms with E-state index in [-0.39, 0.29) is 19.3 Å². The summed E-state index contributed by atoms with van der Waals surface area (Å²) in [5, 5.41) is 6.75. The Hall–Kier alpha value is -3.55. The molecule has 0 unspecified atom stereocenters. The molecule has 1 aromatic carbocycles. The Labute approximate surface area is 155 Å². The Bertz CT molecular complexity index is 979. The number of aromatic nitrogens is 2. The van der Waals surface area contributed by atoms with Crippen molar-refractivity contribution in [3.63, 3.8) is 0 Å². The molecule has 3 aromatic rings. The van der Waals surface area contributed by atoms with Gasteiger partial charge in [0.25, 0.3) is 5.91 Å². The van der Waals surface area contributed by atoms with Crippen molar-refractivity contribution in [3.05, 3.63) is 60.0 Å². The Balaban J connectivity index is 1.28. The summed E-state index contributed by atoms with van der Waals surface area (Å²) in [6.07, 6.45) is 3.78. The molecule has 2 aromatic heterocycles. The van der Waals surface area contributed by atoms with Crippen LogP contribution in [0.5, 0.6) is 11.5 Å². The molecule has 1 aliphatic heterocycles. The van der Waals surface area contributed by atoms with E-state index in [1.54, 1.807) is 6.92 Å². The summed E-state index contributed by atoms with van der Waals surface area (Å²) in [6.45, 7) is 2.17. The molecule has 0 saturated carbocycles. The third-order valence-corrected chi connectivity index (χ3v) is 4.07. The second-order valence-corrected chi connectivity index (χ2v) is 5.99. The molecule has 1 aliphatic rings. The second-order valence-electron chi connectivity index (χ2n) is 5.99. The van der Waals surface area contributed by atoms with E-state index in [1.807, 2.05) is 53.2 Å². The number of hydrogen-bond acceptors (Lipinski definition) is 6. The third-order valence-electron chi connectivity index (χ3n) is 4.07. The zero-order chi connectivity index (χ0) is 18.6. The third kappa shape index (κ3) is 3.84. The van der Waals surface area contributed by atoms with Crippen molar-refractivity contribution >= 4 is 17.3 Å². The van der Waals surface area contributed by atoms with Gasteiger partial charge in [-0.05, 0) is 37.3 Å². The number of hydrogen-bond donors (Lipinski definition) is 1. The van der Waals surface area contributed by atoms with E-state index >= 15 is 0 Å². The molecular formula is C19H18N4O4. The highest BCUT2D eigenvalue weighted by Crippen LogP contribution is 2.32. The Morgan fingerprint density at radius 2 is 2.19 bits per heavy atom. The first kappa shape index (κ1) is 16.9. The number of rotatable bonds is 6. The van der Waals surface area contributed by atoms with Crippen LogP contribution in [0.2, 0.25) is 0 Å². The van der Waals surface area contributed by atoms with Crippen LogP contribution in [-0.2, 0) is 16.2 Å². The first-order chi connectivity index (χ1) is 13.2. The number of oxime groups is 1. The van der Waals surface area contributed by atoms with Gasteiger partial charge >= 0.3 is 0 Å². The maximum absolute atomic E-state index is 11.9. The first-order valence-electron chi connectivity index (χ1n) is 8.45. The Kier molecular flexibility index (Phi) is 4.61. The summed E-state index contributed by atoms with van der Waals surface area (Å²) in [7, 11) is 0. The maximum atomic E-state index is 11.9. The van der Waals surface area contributed by atoms with Gasteiger partial charge in [-0.15, -0.1) is 0 Å². The van der Waals surface area contributed by atoms with Crippen LogP contribution in [0.25, 0.3) is 5.65 Å². The number of carbonyl (C=O) groups excluding carboxylic acids is 1. The molecule has 3 heterocycles. The predicted octanol–water partition coefficient (Wildman–Crippen LogP) is 2.12. The fraction of sp³-hybridized carbons (Fsp3) is 0.211. The zero-order valence-corrected chi connectivity index (χ0v) is 14.7. The molecule has 1 N–H and O–H groups in total. The van der Waals surface area contributed by atoms with Crippen LogP contribution in [0.1, 0.15) is 18.2 Å². The van der Waals surface area contributed by atoms with Gasteiger partial charge in [-0.3, -0.25) is 4.79 Å². The van der Waals surface area contributed by atoms with Crippen LogP contribution < -0.4 is 14.8 Å². The van der Waals surface area contributed by atoms with Gasteiger partial charge in [0.1, 0.15) is 5.65 Å². The van der Waals surface area contributed by atoms with Gasteiger partial charge in [-0.25, -0.2) is 4.98 Å². The normalized spacial score (nSPS) is 13.0. The van der Waals surface area contributed by atoms with Gasteiger partial charge in [0.15, 0.2) is 18.1 Å². The molecule has 0 spiro atoms. The van der Waals surface area contributed by atoms with Crippen molar-refractivity contribution < 1.29 is 19.1 Å². The summed E-state index contributed by atoms with van der Waals surface area (Å²) in [6, 6.07) is 11.2. The zero-order valence-electron chi connectivity index (χ0n) is 14.7. The number of fused-ring (bicyclic) bond motifs is 2. The number of carbonyl (C=O) groups is 1. The summed E-state index contributed by atoms with van der Waals surface area (Å²) in [5.74, 6) is 1.11. The minimum Gasteiger partial charge on any atom is -0.454 e. The number of nitrogens with one attached hydrogen (secondary N) is 1. The van der Waals surface area contributed by atoms with Gasteiger partial charge in [0, 0.05) is 18.0 Å². The number of benzene rings is 1. The highest BCUT2D eigenvalue weighted by Gasteiger charge is 2.14. The van der Waals surface area contributed by atoms with Crippen molar-refractivity contribution in [1.29, 1.82) is 0 Å². The lowest BCUT2D eigenvalue weighted by Crippen LogP contribution is -2.26. The lowest BCUT2D eigenvalue weighted by Gasteiger charge is -2.04. The number of nitrogens with zero attached hydrogens (tertiary/aromatic N) is 3. The molecule has 0 atom stereocenters. The van der Waals surface area contributed by atoms with E-state index in [0.717, 1.165) is 16.9 Å².